The average molecular weight is 512 g/mol. The minimum absolute atomic E-state index is 0.652. The molecule has 0 aromatic heterocycles. The third-order valence-corrected chi connectivity index (χ3v) is 7.18. The van der Waals surface area contributed by atoms with E-state index < -0.39 is 0 Å². The van der Waals surface area contributed by atoms with E-state index in [1.54, 1.807) is 34.5 Å². The summed E-state index contributed by atoms with van der Waals surface area (Å²) in [6.45, 7) is 2.47. The Balaban J connectivity index is 1.71. The van der Waals surface area contributed by atoms with Crippen molar-refractivity contribution >= 4 is 44.7 Å². The molecule has 0 fully saturated rings. The standard InChI is InChI=1S/C28H27Cl2NO4/c1-32-25-10-20-19-5-6-31(14-16-7-17(29)9-18(30)8-16)15-24(19)23-13-28(35-4)27(34-3)12-22(23)21(20)11-26(25)33-2/h7-13H,5-6,14-15H2,1-4H3. The van der Waals surface area contributed by atoms with Gasteiger partial charge in [0, 0.05) is 29.7 Å². The van der Waals surface area contributed by atoms with Crippen LogP contribution >= 0.6 is 23.2 Å². The van der Waals surface area contributed by atoms with Crippen molar-refractivity contribution in [2.75, 3.05) is 35.0 Å². The highest BCUT2D eigenvalue weighted by molar-refractivity contribution is 6.34. The number of methoxy groups -OCH3 is 4. The molecule has 5 rings (SSSR count). The molecule has 4 aromatic carbocycles. The number of halogens is 2. The summed E-state index contributed by atoms with van der Waals surface area (Å²) in [5.41, 5.74) is 3.70. The molecule has 5 nitrogen and oxygen atoms in total. The number of benzene rings is 4. The van der Waals surface area contributed by atoms with Gasteiger partial charge in [0.2, 0.25) is 0 Å². The topological polar surface area (TPSA) is 40.2 Å². The molecule has 1 aliphatic heterocycles. The van der Waals surface area contributed by atoms with Gasteiger partial charge in [-0.15, -0.1) is 0 Å². The second-order valence-corrected chi connectivity index (χ2v) is 9.57. The maximum absolute atomic E-state index is 6.26. The third kappa shape index (κ3) is 4.33. The lowest BCUT2D eigenvalue weighted by molar-refractivity contribution is 0.247. The van der Waals surface area contributed by atoms with E-state index in [1.165, 1.54) is 16.5 Å². The third-order valence-electron chi connectivity index (χ3n) is 6.74. The molecule has 35 heavy (non-hydrogen) atoms. The predicted octanol–water partition coefficient (Wildman–Crippen LogP) is 6.89. The molecule has 0 atom stereocenters. The highest BCUT2D eigenvalue weighted by Gasteiger charge is 2.25. The summed E-state index contributed by atoms with van der Waals surface area (Å²) >= 11 is 12.5. The fraction of sp³-hybridized carbons (Fsp3) is 0.286. The van der Waals surface area contributed by atoms with Gasteiger partial charge in [-0.25, -0.2) is 0 Å². The van der Waals surface area contributed by atoms with Crippen LogP contribution in [0.5, 0.6) is 23.0 Å². The van der Waals surface area contributed by atoms with Crippen LogP contribution in [0.15, 0.2) is 42.5 Å². The Labute approximate surface area is 215 Å². The van der Waals surface area contributed by atoms with Crippen molar-refractivity contribution in [2.45, 2.75) is 19.5 Å². The zero-order valence-corrected chi connectivity index (χ0v) is 21.7. The first-order valence-electron chi connectivity index (χ1n) is 11.4. The molecule has 0 unspecified atom stereocenters. The Morgan fingerprint density at radius 1 is 0.629 bits per heavy atom. The van der Waals surface area contributed by atoms with E-state index in [1.807, 2.05) is 12.1 Å². The molecule has 0 spiro atoms. The van der Waals surface area contributed by atoms with Crippen LogP contribution in [0.2, 0.25) is 10.0 Å². The monoisotopic (exact) mass is 511 g/mol. The zero-order valence-electron chi connectivity index (χ0n) is 20.2. The van der Waals surface area contributed by atoms with E-state index in [2.05, 4.69) is 29.2 Å². The van der Waals surface area contributed by atoms with Gasteiger partial charge < -0.3 is 18.9 Å². The van der Waals surface area contributed by atoms with Crippen LogP contribution < -0.4 is 18.9 Å². The lowest BCUT2D eigenvalue weighted by Crippen LogP contribution is -2.30. The summed E-state index contributed by atoms with van der Waals surface area (Å²) in [6.07, 6.45) is 0.903. The maximum atomic E-state index is 6.26. The molecular formula is C28H27Cl2NO4. The highest BCUT2D eigenvalue weighted by atomic mass is 35.5. The summed E-state index contributed by atoms with van der Waals surface area (Å²) in [5.74, 6) is 2.82. The predicted molar refractivity (Wildman–Crippen MR) is 142 cm³/mol. The number of nitrogens with zero attached hydrogens (tertiary/aromatic N) is 1. The fourth-order valence-electron chi connectivity index (χ4n) is 5.16. The van der Waals surface area contributed by atoms with Crippen LogP contribution in [-0.4, -0.2) is 39.9 Å². The van der Waals surface area contributed by atoms with Crippen molar-refractivity contribution in [3.63, 3.8) is 0 Å². The number of fused-ring (bicyclic) bond motifs is 6. The minimum atomic E-state index is 0.652. The summed E-state index contributed by atoms with van der Waals surface area (Å²) < 4.78 is 22.6. The molecule has 0 saturated heterocycles. The molecule has 0 saturated carbocycles. The van der Waals surface area contributed by atoms with Gasteiger partial charge in [0.15, 0.2) is 23.0 Å². The van der Waals surface area contributed by atoms with E-state index in [9.17, 15) is 0 Å². The van der Waals surface area contributed by atoms with Crippen LogP contribution in [0.25, 0.3) is 21.5 Å². The molecule has 0 amide bonds. The maximum Gasteiger partial charge on any atom is 0.161 e. The SMILES string of the molecule is COc1cc2c3c(c4cc(OC)c(OC)cc4c2cc1OC)CN(Cc1cc(Cl)cc(Cl)c1)CC3. The van der Waals surface area contributed by atoms with Gasteiger partial charge in [0.05, 0.1) is 28.4 Å². The second kappa shape index (κ2) is 9.65. The van der Waals surface area contributed by atoms with Crippen molar-refractivity contribution in [1.82, 2.24) is 4.90 Å². The smallest absolute Gasteiger partial charge is 0.161 e. The fourth-order valence-corrected chi connectivity index (χ4v) is 5.73. The van der Waals surface area contributed by atoms with E-state index in [4.69, 9.17) is 42.1 Å². The van der Waals surface area contributed by atoms with Gasteiger partial charge in [-0.05, 0) is 87.1 Å². The Kier molecular flexibility index (Phi) is 6.58. The summed E-state index contributed by atoms with van der Waals surface area (Å²) in [6, 6.07) is 14.0. The Hall–Kier alpha value is -2.86. The molecule has 7 heteroatoms. The molecule has 0 radical (unpaired) electrons. The molecular weight excluding hydrogens is 485 g/mol. The highest BCUT2D eigenvalue weighted by Crippen LogP contribution is 2.44. The van der Waals surface area contributed by atoms with Crippen molar-refractivity contribution in [3.05, 3.63) is 69.2 Å². The van der Waals surface area contributed by atoms with E-state index in [0.29, 0.717) is 27.3 Å². The normalized spacial score (nSPS) is 13.7. The first-order valence-corrected chi connectivity index (χ1v) is 12.1. The average Bonchev–Trinajstić information content (AvgIpc) is 2.86. The molecule has 182 valence electrons. The molecule has 1 heterocycles. The van der Waals surface area contributed by atoms with Gasteiger partial charge in [-0.1, -0.05) is 23.2 Å². The lowest BCUT2D eigenvalue weighted by atomic mass is 9.87. The molecule has 4 aromatic rings. The van der Waals surface area contributed by atoms with E-state index in [-0.39, 0.29) is 0 Å². The molecule has 0 aliphatic carbocycles. The van der Waals surface area contributed by atoms with E-state index in [0.717, 1.165) is 53.5 Å². The van der Waals surface area contributed by atoms with Crippen molar-refractivity contribution in [3.8, 4) is 23.0 Å². The van der Waals surface area contributed by atoms with Crippen LogP contribution in [-0.2, 0) is 19.5 Å². The Morgan fingerprint density at radius 3 is 1.57 bits per heavy atom. The largest absolute Gasteiger partial charge is 0.493 e. The first kappa shape index (κ1) is 23.9. The van der Waals surface area contributed by atoms with Crippen LogP contribution in [0.4, 0.5) is 0 Å². The quantitative estimate of drug-likeness (QED) is 0.263. The number of rotatable bonds is 6. The summed E-state index contributed by atoms with van der Waals surface area (Å²) in [7, 11) is 6.66. The van der Waals surface area contributed by atoms with Gasteiger partial charge >= 0.3 is 0 Å². The second-order valence-electron chi connectivity index (χ2n) is 8.70. The van der Waals surface area contributed by atoms with Crippen molar-refractivity contribution in [1.29, 1.82) is 0 Å². The molecule has 0 N–H and O–H groups in total. The van der Waals surface area contributed by atoms with Gasteiger partial charge in [0.25, 0.3) is 0 Å². The lowest BCUT2D eigenvalue weighted by Gasteiger charge is -2.31. The summed E-state index contributed by atoms with van der Waals surface area (Å²) in [4.78, 5) is 2.42. The Morgan fingerprint density at radius 2 is 1.09 bits per heavy atom. The zero-order chi connectivity index (χ0) is 24.7. The molecule has 0 bridgehead atoms. The Bertz CT molecular complexity index is 1420. The minimum Gasteiger partial charge on any atom is -0.493 e. The van der Waals surface area contributed by atoms with Gasteiger partial charge in [-0.2, -0.15) is 0 Å². The number of hydrogen-bond acceptors (Lipinski definition) is 5. The number of hydrogen-bond donors (Lipinski definition) is 0. The van der Waals surface area contributed by atoms with Crippen molar-refractivity contribution in [2.24, 2.45) is 0 Å². The molecule has 1 aliphatic rings. The summed E-state index contributed by atoms with van der Waals surface area (Å²) in [5, 5.41) is 5.81. The van der Waals surface area contributed by atoms with Gasteiger partial charge in [-0.3, -0.25) is 4.90 Å². The number of ether oxygens (including phenoxy) is 4. The van der Waals surface area contributed by atoms with E-state index >= 15 is 0 Å². The van der Waals surface area contributed by atoms with Gasteiger partial charge in [0.1, 0.15) is 0 Å². The van der Waals surface area contributed by atoms with Crippen LogP contribution in [0, 0.1) is 0 Å². The van der Waals surface area contributed by atoms with Crippen LogP contribution in [0.3, 0.4) is 0 Å². The van der Waals surface area contributed by atoms with Crippen LogP contribution in [0.1, 0.15) is 16.7 Å². The first-order chi connectivity index (χ1) is 16.9. The van der Waals surface area contributed by atoms with Crippen molar-refractivity contribution < 1.29 is 18.9 Å².